The Balaban J connectivity index is 1.61. The third kappa shape index (κ3) is 3.83. The molecule has 1 aromatic rings. The monoisotopic (exact) mass is 290 g/mol. The zero-order valence-electron chi connectivity index (χ0n) is 13.2. The van der Waals surface area contributed by atoms with Crippen LogP contribution < -0.4 is 5.32 Å². The van der Waals surface area contributed by atoms with E-state index in [9.17, 15) is 4.39 Å². The van der Waals surface area contributed by atoms with Crippen LogP contribution in [-0.4, -0.2) is 36.6 Å². The molecule has 1 aliphatic heterocycles. The van der Waals surface area contributed by atoms with E-state index in [4.69, 9.17) is 0 Å². The van der Waals surface area contributed by atoms with E-state index < -0.39 is 0 Å². The number of piperazine rings is 1. The van der Waals surface area contributed by atoms with Crippen LogP contribution in [0.15, 0.2) is 24.3 Å². The number of hydrogen-bond donors (Lipinski definition) is 1. The van der Waals surface area contributed by atoms with Gasteiger partial charge < -0.3 is 5.32 Å². The fraction of sp³-hybridized carbons (Fsp3) is 0.667. The third-order valence-corrected chi connectivity index (χ3v) is 5.03. The predicted molar refractivity (Wildman–Crippen MR) is 84.8 cm³/mol. The van der Waals surface area contributed by atoms with Gasteiger partial charge in [0.05, 0.1) is 0 Å². The highest BCUT2D eigenvalue weighted by molar-refractivity contribution is 5.16. The summed E-state index contributed by atoms with van der Waals surface area (Å²) in [4.78, 5) is 2.63. The molecule has 2 aliphatic rings. The molecule has 21 heavy (non-hydrogen) atoms. The lowest BCUT2D eigenvalue weighted by molar-refractivity contribution is 0.0935. The molecule has 0 spiro atoms. The molecule has 0 aromatic heterocycles. The first kappa shape index (κ1) is 15.0. The summed E-state index contributed by atoms with van der Waals surface area (Å²) in [6, 6.07) is 8.32. The molecule has 0 radical (unpaired) electrons. The smallest absolute Gasteiger partial charge is 0.123 e. The van der Waals surface area contributed by atoms with Crippen LogP contribution in [0.1, 0.15) is 32.3 Å². The third-order valence-electron chi connectivity index (χ3n) is 5.03. The van der Waals surface area contributed by atoms with E-state index in [1.54, 1.807) is 6.07 Å². The molecular weight excluding hydrogens is 263 g/mol. The summed E-state index contributed by atoms with van der Waals surface area (Å²) >= 11 is 0. The first-order valence-corrected chi connectivity index (χ1v) is 8.35. The lowest BCUT2D eigenvalue weighted by atomic mass is 9.96. The highest BCUT2D eigenvalue weighted by Crippen LogP contribution is 2.34. The standard InChI is InChI=1S/C18H27FN2/c1-13(2)18-11-20-17(15-6-7-15)12-21(18)9-8-14-4-3-5-16(19)10-14/h3-5,10,13,15,17-18,20H,6-9,11-12H2,1-2H3. The van der Waals surface area contributed by atoms with Gasteiger partial charge in [-0.2, -0.15) is 0 Å². The second-order valence-electron chi connectivity index (χ2n) is 7.04. The molecule has 2 fully saturated rings. The number of nitrogens with one attached hydrogen (secondary N) is 1. The summed E-state index contributed by atoms with van der Waals surface area (Å²) < 4.78 is 13.3. The molecule has 2 atom stereocenters. The molecule has 3 rings (SSSR count). The van der Waals surface area contributed by atoms with E-state index in [-0.39, 0.29) is 5.82 Å². The van der Waals surface area contributed by atoms with Crippen molar-refractivity contribution >= 4 is 0 Å². The van der Waals surface area contributed by atoms with Gasteiger partial charge in [-0.05, 0) is 48.8 Å². The van der Waals surface area contributed by atoms with Gasteiger partial charge in [0.15, 0.2) is 0 Å². The van der Waals surface area contributed by atoms with Crippen molar-refractivity contribution in [2.45, 2.75) is 45.2 Å². The average molecular weight is 290 g/mol. The number of benzene rings is 1. The molecule has 1 aromatic carbocycles. The lowest BCUT2D eigenvalue weighted by Gasteiger charge is -2.42. The highest BCUT2D eigenvalue weighted by atomic mass is 19.1. The Bertz CT molecular complexity index is 470. The van der Waals surface area contributed by atoms with Crippen molar-refractivity contribution in [1.82, 2.24) is 10.2 Å². The maximum atomic E-state index is 13.3. The Labute approximate surface area is 127 Å². The highest BCUT2D eigenvalue weighted by Gasteiger charge is 2.37. The zero-order valence-corrected chi connectivity index (χ0v) is 13.2. The van der Waals surface area contributed by atoms with Crippen LogP contribution in [0.3, 0.4) is 0 Å². The molecule has 1 heterocycles. The Hall–Kier alpha value is -0.930. The van der Waals surface area contributed by atoms with Crippen molar-refractivity contribution in [2.75, 3.05) is 19.6 Å². The van der Waals surface area contributed by atoms with Crippen molar-refractivity contribution in [3.63, 3.8) is 0 Å². The van der Waals surface area contributed by atoms with Crippen molar-refractivity contribution < 1.29 is 4.39 Å². The molecule has 2 nitrogen and oxygen atoms in total. The van der Waals surface area contributed by atoms with Crippen LogP contribution in [0.2, 0.25) is 0 Å². The van der Waals surface area contributed by atoms with E-state index in [1.807, 2.05) is 12.1 Å². The summed E-state index contributed by atoms with van der Waals surface area (Å²) in [7, 11) is 0. The van der Waals surface area contributed by atoms with Gasteiger partial charge in [-0.3, -0.25) is 4.90 Å². The van der Waals surface area contributed by atoms with Gasteiger partial charge >= 0.3 is 0 Å². The first-order chi connectivity index (χ1) is 10.1. The molecule has 2 unspecified atom stereocenters. The van der Waals surface area contributed by atoms with Crippen LogP contribution in [0.4, 0.5) is 4.39 Å². The molecule has 0 amide bonds. The van der Waals surface area contributed by atoms with Crippen molar-refractivity contribution in [1.29, 1.82) is 0 Å². The largest absolute Gasteiger partial charge is 0.311 e. The van der Waals surface area contributed by atoms with E-state index in [2.05, 4.69) is 24.1 Å². The fourth-order valence-corrected chi connectivity index (χ4v) is 3.55. The summed E-state index contributed by atoms with van der Waals surface area (Å²) in [6.07, 6.45) is 3.72. The van der Waals surface area contributed by atoms with Crippen LogP contribution in [0.25, 0.3) is 0 Å². The van der Waals surface area contributed by atoms with E-state index in [0.717, 1.165) is 37.5 Å². The normalized spacial score (nSPS) is 27.2. The molecule has 0 bridgehead atoms. The second-order valence-corrected chi connectivity index (χ2v) is 7.04. The molecule has 116 valence electrons. The van der Waals surface area contributed by atoms with Gasteiger partial charge in [0.2, 0.25) is 0 Å². The molecule has 1 aliphatic carbocycles. The van der Waals surface area contributed by atoms with E-state index in [0.29, 0.717) is 18.0 Å². The summed E-state index contributed by atoms with van der Waals surface area (Å²) in [5, 5.41) is 3.75. The minimum atomic E-state index is -0.121. The van der Waals surface area contributed by atoms with Crippen LogP contribution >= 0.6 is 0 Å². The van der Waals surface area contributed by atoms with Gasteiger partial charge in [-0.1, -0.05) is 26.0 Å². The van der Waals surface area contributed by atoms with Gasteiger partial charge in [-0.25, -0.2) is 4.39 Å². The number of nitrogens with zero attached hydrogens (tertiary/aromatic N) is 1. The van der Waals surface area contributed by atoms with Crippen LogP contribution in [-0.2, 0) is 6.42 Å². The molecule has 1 saturated carbocycles. The maximum Gasteiger partial charge on any atom is 0.123 e. The topological polar surface area (TPSA) is 15.3 Å². The fourth-order valence-electron chi connectivity index (χ4n) is 3.55. The Morgan fingerprint density at radius 3 is 2.81 bits per heavy atom. The number of rotatable bonds is 5. The predicted octanol–water partition coefficient (Wildman–Crippen LogP) is 3.08. The van der Waals surface area contributed by atoms with E-state index in [1.165, 1.54) is 18.9 Å². The molecule has 1 saturated heterocycles. The van der Waals surface area contributed by atoms with Crippen molar-refractivity contribution in [3.8, 4) is 0 Å². The van der Waals surface area contributed by atoms with Gasteiger partial charge in [0.25, 0.3) is 0 Å². The number of hydrogen-bond acceptors (Lipinski definition) is 2. The van der Waals surface area contributed by atoms with Gasteiger partial charge in [0.1, 0.15) is 5.82 Å². The van der Waals surface area contributed by atoms with Gasteiger partial charge in [0, 0.05) is 31.7 Å². The second kappa shape index (κ2) is 6.45. The lowest BCUT2D eigenvalue weighted by Crippen LogP contribution is -2.59. The molecular formula is C18H27FN2. The van der Waals surface area contributed by atoms with Crippen LogP contribution in [0, 0.1) is 17.7 Å². The summed E-state index contributed by atoms with van der Waals surface area (Å²) in [6.45, 7) is 7.90. The summed E-state index contributed by atoms with van der Waals surface area (Å²) in [5.74, 6) is 1.43. The molecule has 3 heteroatoms. The quantitative estimate of drug-likeness (QED) is 0.896. The minimum absolute atomic E-state index is 0.121. The minimum Gasteiger partial charge on any atom is -0.311 e. The van der Waals surface area contributed by atoms with Gasteiger partial charge in [-0.15, -0.1) is 0 Å². The maximum absolute atomic E-state index is 13.3. The zero-order chi connectivity index (χ0) is 14.8. The first-order valence-electron chi connectivity index (χ1n) is 8.35. The summed E-state index contributed by atoms with van der Waals surface area (Å²) in [5.41, 5.74) is 1.11. The van der Waals surface area contributed by atoms with Crippen molar-refractivity contribution in [2.24, 2.45) is 11.8 Å². The Morgan fingerprint density at radius 1 is 1.33 bits per heavy atom. The number of halogens is 1. The average Bonchev–Trinajstić information content (AvgIpc) is 3.29. The SMILES string of the molecule is CC(C)C1CNC(C2CC2)CN1CCc1cccc(F)c1. The Morgan fingerprint density at radius 2 is 2.14 bits per heavy atom. The van der Waals surface area contributed by atoms with Crippen molar-refractivity contribution in [3.05, 3.63) is 35.6 Å². The molecule has 1 N–H and O–H groups in total. The van der Waals surface area contributed by atoms with Crippen LogP contribution in [0.5, 0.6) is 0 Å². The Kier molecular flexibility index (Phi) is 4.60. The van der Waals surface area contributed by atoms with E-state index >= 15 is 0 Å².